The van der Waals surface area contributed by atoms with Gasteiger partial charge in [-0.3, -0.25) is 9.59 Å². The highest BCUT2D eigenvalue weighted by molar-refractivity contribution is 6.76. The van der Waals surface area contributed by atoms with Gasteiger partial charge in [-0.05, 0) is 0 Å². The summed E-state index contributed by atoms with van der Waals surface area (Å²) in [7, 11) is 2.76. The zero-order chi connectivity index (χ0) is 7.90. The van der Waals surface area contributed by atoms with E-state index in [1.165, 1.54) is 14.6 Å². The summed E-state index contributed by atoms with van der Waals surface area (Å²) in [5.74, 6) is -1.80. The van der Waals surface area contributed by atoms with Gasteiger partial charge in [-0.25, -0.2) is 0 Å². The van der Waals surface area contributed by atoms with Gasteiger partial charge < -0.3 is 9.47 Å². The van der Waals surface area contributed by atoms with Crippen LogP contribution in [0.15, 0.2) is 0 Å². The molecule has 2 heterocycles. The van der Waals surface area contributed by atoms with Crippen molar-refractivity contribution >= 4 is 26.3 Å². The summed E-state index contributed by atoms with van der Waals surface area (Å²) in [4.78, 5) is 21.3. The summed E-state index contributed by atoms with van der Waals surface area (Å²) in [6.45, 7) is 0. The standard InChI is InChI=1S/C5H4B2O4/c8-3-6-1-5(10-3)2-7-4(9)11-5/h1-2H2. The Morgan fingerprint density at radius 1 is 1.09 bits per heavy atom. The van der Waals surface area contributed by atoms with Crippen molar-refractivity contribution in [1.29, 1.82) is 0 Å². The molecule has 2 aliphatic rings. The molecule has 0 unspecified atom stereocenters. The molecule has 4 nitrogen and oxygen atoms in total. The predicted molar refractivity (Wildman–Crippen MR) is 36.8 cm³/mol. The van der Waals surface area contributed by atoms with E-state index in [2.05, 4.69) is 0 Å². The van der Waals surface area contributed by atoms with Crippen LogP contribution >= 0.6 is 0 Å². The Hall–Kier alpha value is -0.930. The van der Waals surface area contributed by atoms with E-state index in [9.17, 15) is 9.59 Å². The van der Waals surface area contributed by atoms with Gasteiger partial charge in [0.15, 0.2) is 0 Å². The molecule has 2 aliphatic heterocycles. The van der Waals surface area contributed by atoms with E-state index in [4.69, 9.17) is 9.47 Å². The van der Waals surface area contributed by atoms with Crippen molar-refractivity contribution in [2.24, 2.45) is 0 Å². The summed E-state index contributed by atoms with van der Waals surface area (Å²) < 4.78 is 9.62. The topological polar surface area (TPSA) is 52.6 Å². The van der Waals surface area contributed by atoms with Crippen LogP contribution < -0.4 is 0 Å². The molecule has 2 rings (SSSR count). The summed E-state index contributed by atoms with van der Waals surface area (Å²) in [5.41, 5.74) is 0. The Morgan fingerprint density at radius 2 is 1.55 bits per heavy atom. The fraction of sp³-hybridized carbons (Fsp3) is 0.600. The predicted octanol–water partition coefficient (Wildman–Crippen LogP) is 0.228. The first-order valence-corrected chi connectivity index (χ1v) is 3.33. The third kappa shape index (κ3) is 1.02. The molecule has 0 aliphatic carbocycles. The average Bonchev–Trinajstić information content (AvgIpc) is 2.44. The van der Waals surface area contributed by atoms with Crippen molar-refractivity contribution in [3.63, 3.8) is 0 Å². The van der Waals surface area contributed by atoms with Crippen molar-refractivity contribution in [3.05, 3.63) is 0 Å². The maximum absolute atomic E-state index is 10.6. The van der Waals surface area contributed by atoms with Gasteiger partial charge in [0.25, 0.3) is 14.6 Å². The Bertz CT molecular complexity index is 203. The maximum Gasteiger partial charge on any atom is 0.269 e. The lowest BCUT2D eigenvalue weighted by molar-refractivity contribution is -0.102. The quantitative estimate of drug-likeness (QED) is 0.463. The average molecular weight is 150 g/mol. The summed E-state index contributed by atoms with van der Waals surface area (Å²) in [5, 5.41) is 0. The van der Waals surface area contributed by atoms with Crippen LogP contribution in [0.4, 0.5) is 9.59 Å². The van der Waals surface area contributed by atoms with Gasteiger partial charge in [-0.15, -0.1) is 0 Å². The second-order valence-electron chi connectivity index (χ2n) is 2.57. The molecular weight excluding hydrogens is 146 g/mol. The summed E-state index contributed by atoms with van der Waals surface area (Å²) in [6.07, 6.45) is 0.738. The Morgan fingerprint density at radius 3 is 1.82 bits per heavy atom. The van der Waals surface area contributed by atoms with Gasteiger partial charge in [-0.2, -0.15) is 0 Å². The summed E-state index contributed by atoms with van der Waals surface area (Å²) in [6, 6.07) is 0. The van der Waals surface area contributed by atoms with Crippen LogP contribution in [0.5, 0.6) is 0 Å². The monoisotopic (exact) mass is 150 g/mol. The number of ether oxygens (including phenoxy) is 2. The van der Waals surface area contributed by atoms with E-state index in [0.717, 1.165) is 0 Å². The fourth-order valence-electron chi connectivity index (χ4n) is 1.20. The van der Waals surface area contributed by atoms with E-state index in [-0.39, 0.29) is 0 Å². The van der Waals surface area contributed by atoms with Crippen molar-refractivity contribution in [2.45, 2.75) is 18.4 Å². The minimum atomic E-state index is -0.978. The van der Waals surface area contributed by atoms with E-state index in [1.54, 1.807) is 0 Å². The largest absolute Gasteiger partial charge is 0.433 e. The third-order valence-corrected chi connectivity index (χ3v) is 1.73. The second-order valence-corrected chi connectivity index (χ2v) is 2.57. The SMILES string of the molecule is O=C1[B]CC2(C[B]C(=O)O2)O1. The van der Waals surface area contributed by atoms with Crippen molar-refractivity contribution < 1.29 is 19.1 Å². The molecule has 0 bridgehead atoms. The number of hydrogen-bond acceptors (Lipinski definition) is 4. The third-order valence-electron chi connectivity index (χ3n) is 1.73. The van der Waals surface area contributed by atoms with Gasteiger partial charge >= 0.3 is 0 Å². The highest BCUT2D eigenvalue weighted by Crippen LogP contribution is 2.33. The molecule has 0 aromatic carbocycles. The van der Waals surface area contributed by atoms with Crippen LogP contribution in [-0.4, -0.2) is 32.1 Å². The molecule has 0 amide bonds. The lowest BCUT2D eigenvalue weighted by Crippen LogP contribution is -2.25. The van der Waals surface area contributed by atoms with E-state index >= 15 is 0 Å². The number of hydrogen-bond donors (Lipinski definition) is 0. The van der Waals surface area contributed by atoms with Crippen molar-refractivity contribution in [2.75, 3.05) is 0 Å². The zero-order valence-corrected chi connectivity index (χ0v) is 5.70. The van der Waals surface area contributed by atoms with E-state index in [0.29, 0.717) is 12.6 Å². The fourth-order valence-corrected chi connectivity index (χ4v) is 1.20. The molecule has 2 radical (unpaired) electrons. The zero-order valence-electron chi connectivity index (χ0n) is 5.70. The number of rotatable bonds is 0. The van der Waals surface area contributed by atoms with Crippen molar-refractivity contribution in [3.8, 4) is 0 Å². The number of carbonyl (C=O) groups is 2. The Labute approximate surface area is 64.7 Å². The second kappa shape index (κ2) is 2.03. The molecule has 11 heavy (non-hydrogen) atoms. The Kier molecular flexibility index (Phi) is 1.25. The van der Waals surface area contributed by atoms with Crippen molar-refractivity contribution in [1.82, 2.24) is 0 Å². The first-order chi connectivity index (χ1) is 5.20. The van der Waals surface area contributed by atoms with E-state index in [1.807, 2.05) is 0 Å². The molecule has 0 saturated carbocycles. The molecule has 0 aromatic rings. The van der Waals surface area contributed by atoms with Gasteiger partial charge in [0.1, 0.15) is 0 Å². The Balaban J connectivity index is 2.13. The minimum Gasteiger partial charge on any atom is -0.433 e. The molecule has 0 N–H and O–H groups in total. The van der Waals surface area contributed by atoms with Gasteiger partial charge in [0.2, 0.25) is 17.5 Å². The first-order valence-electron chi connectivity index (χ1n) is 3.33. The molecule has 1 spiro atoms. The lowest BCUT2D eigenvalue weighted by atomic mass is 9.68. The molecule has 54 valence electrons. The first kappa shape index (κ1) is 6.76. The van der Waals surface area contributed by atoms with Crippen LogP contribution in [-0.2, 0) is 9.47 Å². The van der Waals surface area contributed by atoms with Crippen LogP contribution in [0.2, 0.25) is 12.6 Å². The highest BCUT2D eigenvalue weighted by atomic mass is 16.7. The molecule has 6 heteroatoms. The van der Waals surface area contributed by atoms with Gasteiger partial charge in [-0.1, -0.05) is 0 Å². The van der Waals surface area contributed by atoms with Crippen LogP contribution in [0.25, 0.3) is 0 Å². The molecular formula is C5H4B2O4. The van der Waals surface area contributed by atoms with E-state index < -0.39 is 17.5 Å². The number of carbonyl (C=O) groups excluding carboxylic acids is 2. The van der Waals surface area contributed by atoms with Gasteiger partial charge in [0.05, 0.1) is 0 Å². The highest BCUT2D eigenvalue weighted by Gasteiger charge is 2.49. The normalized spacial score (nSPS) is 25.8. The summed E-state index contributed by atoms with van der Waals surface area (Å²) >= 11 is 0. The van der Waals surface area contributed by atoms with Gasteiger partial charge in [0, 0.05) is 12.6 Å². The maximum atomic E-state index is 10.6. The molecule has 0 atom stereocenters. The molecule has 0 aromatic heterocycles. The molecule has 2 fully saturated rings. The van der Waals surface area contributed by atoms with Crippen LogP contribution in [0.1, 0.15) is 0 Å². The smallest absolute Gasteiger partial charge is 0.269 e. The lowest BCUT2D eigenvalue weighted by Gasteiger charge is -2.20. The minimum absolute atomic E-state index is 0.369. The van der Waals surface area contributed by atoms with Crippen LogP contribution in [0, 0.1) is 0 Å². The molecule has 2 saturated heterocycles. The van der Waals surface area contributed by atoms with Crippen LogP contribution in [0.3, 0.4) is 0 Å².